The molecule has 1 saturated heterocycles. The van der Waals surface area contributed by atoms with Crippen molar-refractivity contribution in [1.29, 1.82) is 0 Å². The van der Waals surface area contributed by atoms with E-state index in [1.54, 1.807) is 32.9 Å². The number of pyridine rings is 1. The van der Waals surface area contributed by atoms with Crippen LogP contribution in [0.25, 0.3) is 22.0 Å². The minimum absolute atomic E-state index is 0.0360. The van der Waals surface area contributed by atoms with Crippen molar-refractivity contribution in [2.45, 2.75) is 51.9 Å². The van der Waals surface area contributed by atoms with E-state index in [2.05, 4.69) is 26.4 Å². The Balaban J connectivity index is 1.17. The fraction of sp³-hybridized carbons (Fsp3) is 0.417. The van der Waals surface area contributed by atoms with Crippen molar-refractivity contribution >= 4 is 39.7 Å². The first kappa shape index (κ1) is 33.4. The Bertz CT molecular complexity index is 1970. The summed E-state index contributed by atoms with van der Waals surface area (Å²) in [5.41, 5.74) is 3.53. The van der Waals surface area contributed by atoms with Gasteiger partial charge in [-0.1, -0.05) is 17.4 Å². The SMILES string of the molecule is COc1cc(F)cnc1N1CCN(C(=O)c2cc3c(C4=C[C@H](C)O[C@H](C)C4)cc(C4=CCCN(C(=O)CCn5ccnn5)C4)c(F)c3[nH]2)CC1. The molecule has 0 aliphatic carbocycles. The molecule has 12 nitrogen and oxygen atoms in total. The zero-order chi connectivity index (χ0) is 34.9. The highest BCUT2D eigenvalue weighted by Crippen LogP contribution is 2.38. The smallest absolute Gasteiger partial charge is 0.270 e. The van der Waals surface area contributed by atoms with Crippen molar-refractivity contribution in [3.8, 4) is 5.75 Å². The number of ether oxygens (including phenoxy) is 2. The van der Waals surface area contributed by atoms with Gasteiger partial charge in [0.1, 0.15) is 11.5 Å². The Morgan fingerprint density at radius 3 is 2.60 bits per heavy atom. The van der Waals surface area contributed by atoms with E-state index < -0.39 is 11.6 Å². The molecule has 0 radical (unpaired) electrons. The highest BCUT2D eigenvalue weighted by atomic mass is 19.1. The number of nitrogens with zero attached hydrogens (tertiary/aromatic N) is 7. The first-order valence-corrected chi connectivity index (χ1v) is 16.9. The predicted octanol–water partition coefficient (Wildman–Crippen LogP) is 4.69. The maximum atomic E-state index is 16.7. The molecule has 262 valence electrons. The number of benzene rings is 1. The second-order valence-electron chi connectivity index (χ2n) is 13.0. The number of aryl methyl sites for hydroxylation is 1. The molecule has 3 aliphatic rings. The van der Waals surface area contributed by atoms with Gasteiger partial charge in [0.2, 0.25) is 5.91 Å². The summed E-state index contributed by atoms with van der Waals surface area (Å²) in [5, 5.41) is 8.36. The summed E-state index contributed by atoms with van der Waals surface area (Å²) in [6.07, 6.45) is 9.81. The standard InChI is InChI=1S/C36H40F2N8O4/c1-22-15-25(16-23(2)50-22)27-18-28(24-5-4-8-45(21-24)32(47)6-9-46-10-7-40-42-46)33(38)34-29(27)19-30(41-34)36(48)44-13-11-43(12-14-44)35-31(49-3)17-26(37)20-39-35/h5,7,10,15,17-20,22-23,41H,4,6,8-9,11-14,16,21H2,1-3H3/t22-,23+/m0/s1. The predicted molar refractivity (Wildman–Crippen MR) is 184 cm³/mol. The third-order valence-electron chi connectivity index (χ3n) is 9.58. The van der Waals surface area contributed by atoms with Crippen LogP contribution in [-0.2, 0) is 16.1 Å². The van der Waals surface area contributed by atoms with Crippen molar-refractivity contribution < 1.29 is 27.8 Å². The highest BCUT2D eigenvalue weighted by Gasteiger charge is 2.30. The molecule has 2 atom stereocenters. The summed E-state index contributed by atoms with van der Waals surface area (Å²) in [5.74, 6) is -0.374. The van der Waals surface area contributed by atoms with E-state index in [1.165, 1.54) is 13.2 Å². The minimum Gasteiger partial charge on any atom is -0.493 e. The van der Waals surface area contributed by atoms with E-state index in [0.717, 1.165) is 22.9 Å². The molecule has 0 unspecified atom stereocenters. The quantitative estimate of drug-likeness (QED) is 0.284. The lowest BCUT2D eigenvalue weighted by Gasteiger charge is -2.35. The summed E-state index contributed by atoms with van der Waals surface area (Å²) in [6, 6.07) is 4.91. The Labute approximate surface area is 288 Å². The molecule has 2 amide bonds. The zero-order valence-corrected chi connectivity index (χ0v) is 28.4. The maximum Gasteiger partial charge on any atom is 0.270 e. The second-order valence-corrected chi connectivity index (χ2v) is 13.0. The van der Waals surface area contributed by atoms with Gasteiger partial charge in [-0.3, -0.25) is 14.3 Å². The Kier molecular flexibility index (Phi) is 9.36. The summed E-state index contributed by atoms with van der Waals surface area (Å²) in [4.78, 5) is 39.9. The van der Waals surface area contributed by atoms with E-state index in [-0.39, 0.29) is 42.5 Å². The number of anilines is 1. The number of hydrogen-bond acceptors (Lipinski definition) is 8. The molecule has 14 heteroatoms. The second kappa shape index (κ2) is 14.0. The van der Waals surface area contributed by atoms with Crippen LogP contribution in [0, 0.1) is 11.6 Å². The molecule has 0 saturated carbocycles. The lowest BCUT2D eigenvalue weighted by Crippen LogP contribution is -2.49. The van der Waals surface area contributed by atoms with Crippen LogP contribution in [0.4, 0.5) is 14.6 Å². The number of methoxy groups -OCH3 is 1. The van der Waals surface area contributed by atoms with Crippen LogP contribution < -0.4 is 9.64 Å². The number of H-pyrrole nitrogens is 1. The van der Waals surface area contributed by atoms with Gasteiger partial charge in [0.15, 0.2) is 17.4 Å². The molecule has 0 bridgehead atoms. The molecule has 50 heavy (non-hydrogen) atoms. The first-order valence-electron chi connectivity index (χ1n) is 16.9. The minimum atomic E-state index is -0.488. The van der Waals surface area contributed by atoms with Gasteiger partial charge in [0.05, 0.1) is 43.8 Å². The summed E-state index contributed by atoms with van der Waals surface area (Å²) in [6.45, 7) is 6.95. The van der Waals surface area contributed by atoms with Crippen molar-refractivity contribution in [2.24, 2.45) is 0 Å². The third-order valence-corrected chi connectivity index (χ3v) is 9.58. The van der Waals surface area contributed by atoms with Gasteiger partial charge in [-0.05, 0) is 55.5 Å². The zero-order valence-electron chi connectivity index (χ0n) is 28.4. The molecule has 1 aromatic carbocycles. The van der Waals surface area contributed by atoms with Gasteiger partial charge in [0.25, 0.3) is 5.91 Å². The monoisotopic (exact) mass is 686 g/mol. The van der Waals surface area contributed by atoms with Crippen LogP contribution in [0.2, 0.25) is 0 Å². The lowest BCUT2D eigenvalue weighted by atomic mass is 9.89. The van der Waals surface area contributed by atoms with E-state index in [1.807, 2.05) is 30.9 Å². The van der Waals surface area contributed by atoms with Crippen molar-refractivity contribution in [3.05, 3.63) is 77.4 Å². The Morgan fingerprint density at radius 2 is 1.86 bits per heavy atom. The van der Waals surface area contributed by atoms with Crippen LogP contribution in [0.3, 0.4) is 0 Å². The number of amides is 2. The Hall–Kier alpha value is -5.11. The van der Waals surface area contributed by atoms with Gasteiger partial charge in [-0.25, -0.2) is 13.8 Å². The normalized spacial score (nSPS) is 19.8. The van der Waals surface area contributed by atoms with Crippen molar-refractivity contribution in [1.82, 2.24) is 34.8 Å². The fourth-order valence-electron chi connectivity index (χ4n) is 7.15. The van der Waals surface area contributed by atoms with Crippen molar-refractivity contribution in [2.75, 3.05) is 51.3 Å². The molecule has 4 aromatic rings. The van der Waals surface area contributed by atoms with Crippen LogP contribution in [-0.4, -0.2) is 105 Å². The number of aromatic nitrogens is 5. The molecule has 7 rings (SSSR count). The Morgan fingerprint density at radius 1 is 1.04 bits per heavy atom. The molecular formula is C36H40F2N8O4. The number of rotatable bonds is 8. The number of piperazine rings is 1. The van der Waals surface area contributed by atoms with Gasteiger partial charge in [-0.15, -0.1) is 5.10 Å². The highest BCUT2D eigenvalue weighted by molar-refractivity contribution is 6.03. The molecule has 1 fully saturated rings. The van der Waals surface area contributed by atoms with E-state index in [0.29, 0.717) is 80.3 Å². The number of aromatic amines is 1. The number of carbonyl (C=O) groups excluding carboxylic acids is 2. The topological polar surface area (TPSA) is 122 Å². The van der Waals surface area contributed by atoms with Crippen LogP contribution in [0.1, 0.15) is 54.7 Å². The number of fused-ring (bicyclic) bond motifs is 1. The number of halogens is 2. The van der Waals surface area contributed by atoms with E-state index in [9.17, 15) is 14.0 Å². The van der Waals surface area contributed by atoms with Gasteiger partial charge in [-0.2, -0.15) is 0 Å². The third kappa shape index (κ3) is 6.71. The lowest BCUT2D eigenvalue weighted by molar-refractivity contribution is -0.131. The molecule has 0 spiro atoms. The number of hydrogen-bond donors (Lipinski definition) is 1. The van der Waals surface area contributed by atoms with E-state index in [4.69, 9.17) is 9.47 Å². The molecular weight excluding hydrogens is 646 g/mol. The largest absolute Gasteiger partial charge is 0.493 e. The summed E-state index contributed by atoms with van der Waals surface area (Å²) < 4.78 is 43.3. The number of carbonyl (C=O) groups is 2. The van der Waals surface area contributed by atoms with E-state index >= 15 is 4.39 Å². The van der Waals surface area contributed by atoms with Gasteiger partial charge < -0.3 is 29.2 Å². The summed E-state index contributed by atoms with van der Waals surface area (Å²) >= 11 is 0. The molecule has 3 aliphatic heterocycles. The van der Waals surface area contributed by atoms with Crippen molar-refractivity contribution in [3.63, 3.8) is 0 Å². The maximum absolute atomic E-state index is 16.7. The van der Waals surface area contributed by atoms with Crippen LogP contribution >= 0.6 is 0 Å². The van der Waals surface area contributed by atoms with Crippen LogP contribution in [0.15, 0.2) is 48.9 Å². The molecule has 3 aromatic heterocycles. The molecule has 6 heterocycles. The van der Waals surface area contributed by atoms with Gasteiger partial charge >= 0.3 is 0 Å². The summed E-state index contributed by atoms with van der Waals surface area (Å²) in [7, 11) is 1.47. The first-order chi connectivity index (χ1) is 24.2. The van der Waals surface area contributed by atoms with Gasteiger partial charge in [0, 0.05) is 68.9 Å². The fourth-order valence-corrected chi connectivity index (χ4v) is 7.15. The average molecular weight is 687 g/mol. The van der Waals surface area contributed by atoms with Crippen LogP contribution in [0.5, 0.6) is 5.75 Å². The average Bonchev–Trinajstić information content (AvgIpc) is 3.81. The molecule has 1 N–H and O–H groups in total. The number of nitrogens with one attached hydrogen (secondary N) is 1.